The van der Waals surface area contributed by atoms with Gasteiger partial charge in [0.05, 0.1) is 16.0 Å². The SMILES string of the molecule is Cc1c(Br)ccc(NCC(O)c2cc(Br)c(C)c([N+](=O)[O-])c2F)c1[N+](=O)[O-]. The Morgan fingerprint density at radius 2 is 1.67 bits per heavy atom. The van der Waals surface area contributed by atoms with Crippen molar-refractivity contribution in [1.29, 1.82) is 0 Å². The number of halogens is 3. The summed E-state index contributed by atoms with van der Waals surface area (Å²) in [6, 6.07) is 4.31. The molecule has 0 aliphatic carbocycles. The van der Waals surface area contributed by atoms with Crippen LogP contribution in [0, 0.1) is 39.9 Å². The third kappa shape index (κ3) is 4.25. The van der Waals surface area contributed by atoms with Gasteiger partial charge in [-0.15, -0.1) is 0 Å². The molecule has 0 aliphatic heterocycles. The van der Waals surface area contributed by atoms with Gasteiger partial charge in [0.1, 0.15) is 5.69 Å². The lowest BCUT2D eigenvalue weighted by Gasteiger charge is -2.16. The summed E-state index contributed by atoms with van der Waals surface area (Å²) in [5, 5.41) is 35.4. The van der Waals surface area contributed by atoms with E-state index in [1.165, 1.54) is 19.1 Å². The monoisotopic (exact) mass is 505 g/mol. The number of nitrogens with one attached hydrogen (secondary N) is 1. The maximum Gasteiger partial charge on any atom is 0.309 e. The van der Waals surface area contributed by atoms with Crippen molar-refractivity contribution >= 4 is 48.9 Å². The number of nitrogens with zero attached hydrogens (tertiary/aromatic N) is 2. The van der Waals surface area contributed by atoms with Crippen molar-refractivity contribution in [3.8, 4) is 0 Å². The summed E-state index contributed by atoms with van der Waals surface area (Å²) in [5.74, 6) is -1.14. The third-order valence-corrected chi connectivity index (χ3v) is 5.71. The van der Waals surface area contributed by atoms with Gasteiger partial charge in [-0.25, -0.2) is 0 Å². The lowest BCUT2D eigenvalue weighted by atomic mass is 10.0. The molecule has 8 nitrogen and oxygen atoms in total. The van der Waals surface area contributed by atoms with Crippen molar-refractivity contribution < 1.29 is 19.3 Å². The van der Waals surface area contributed by atoms with Crippen LogP contribution in [0.5, 0.6) is 0 Å². The Labute approximate surface area is 169 Å². The topological polar surface area (TPSA) is 119 Å². The van der Waals surface area contributed by atoms with Crippen LogP contribution >= 0.6 is 31.9 Å². The number of hydrogen-bond donors (Lipinski definition) is 2. The zero-order valence-corrected chi connectivity index (χ0v) is 17.3. The summed E-state index contributed by atoms with van der Waals surface area (Å²) >= 11 is 6.33. The molecule has 0 heterocycles. The second-order valence-corrected chi connectivity index (χ2v) is 7.42. The smallest absolute Gasteiger partial charge is 0.309 e. The van der Waals surface area contributed by atoms with E-state index in [0.29, 0.717) is 10.0 Å². The Kier molecular flexibility index (Phi) is 6.50. The summed E-state index contributed by atoms with van der Waals surface area (Å²) in [7, 11) is 0. The molecule has 0 fully saturated rings. The maximum absolute atomic E-state index is 14.5. The van der Waals surface area contributed by atoms with Crippen LogP contribution in [0.3, 0.4) is 0 Å². The first-order chi connectivity index (χ1) is 12.6. The van der Waals surface area contributed by atoms with E-state index < -0.39 is 27.5 Å². The third-order valence-electron chi connectivity index (χ3n) is 4.03. The van der Waals surface area contributed by atoms with Crippen LogP contribution in [0.2, 0.25) is 0 Å². The molecular weight excluding hydrogens is 493 g/mol. The van der Waals surface area contributed by atoms with Gasteiger partial charge in [0, 0.05) is 32.2 Å². The highest BCUT2D eigenvalue weighted by atomic mass is 79.9. The zero-order chi connectivity index (χ0) is 20.5. The average Bonchev–Trinajstić information content (AvgIpc) is 2.58. The number of aliphatic hydroxyl groups is 1. The van der Waals surface area contributed by atoms with Crippen LogP contribution in [0.25, 0.3) is 0 Å². The van der Waals surface area contributed by atoms with Crippen LogP contribution in [0.15, 0.2) is 27.1 Å². The van der Waals surface area contributed by atoms with Crippen LogP contribution in [0.1, 0.15) is 22.8 Å². The zero-order valence-electron chi connectivity index (χ0n) is 14.1. The summed E-state index contributed by atoms with van der Waals surface area (Å²) in [6.07, 6.45) is -1.47. The van der Waals surface area contributed by atoms with Crippen LogP contribution in [-0.4, -0.2) is 21.5 Å². The Bertz CT molecular complexity index is 939. The molecular formula is C16H14Br2FN3O5. The largest absolute Gasteiger partial charge is 0.386 e. The molecule has 144 valence electrons. The van der Waals surface area contributed by atoms with E-state index in [0.717, 1.165) is 0 Å². The molecule has 2 aromatic rings. The second-order valence-electron chi connectivity index (χ2n) is 5.71. The number of benzene rings is 2. The molecule has 0 radical (unpaired) electrons. The fourth-order valence-electron chi connectivity index (χ4n) is 2.55. The van der Waals surface area contributed by atoms with E-state index in [2.05, 4.69) is 37.2 Å². The lowest BCUT2D eigenvalue weighted by Crippen LogP contribution is -2.16. The van der Waals surface area contributed by atoms with E-state index in [4.69, 9.17) is 0 Å². The van der Waals surface area contributed by atoms with Crippen molar-refractivity contribution in [2.45, 2.75) is 20.0 Å². The van der Waals surface area contributed by atoms with Gasteiger partial charge in [0.15, 0.2) is 0 Å². The number of nitro groups is 2. The quantitative estimate of drug-likeness (QED) is 0.423. The molecule has 0 saturated carbocycles. The summed E-state index contributed by atoms with van der Waals surface area (Å²) in [5.41, 5.74) is -0.582. The number of anilines is 1. The summed E-state index contributed by atoms with van der Waals surface area (Å²) < 4.78 is 15.3. The van der Waals surface area contributed by atoms with Crippen molar-refractivity contribution in [2.24, 2.45) is 0 Å². The molecule has 1 atom stereocenters. The van der Waals surface area contributed by atoms with Crippen molar-refractivity contribution in [1.82, 2.24) is 0 Å². The minimum atomic E-state index is -1.47. The van der Waals surface area contributed by atoms with Crippen molar-refractivity contribution in [3.05, 3.63) is 69.9 Å². The number of rotatable bonds is 6. The molecule has 2 N–H and O–H groups in total. The maximum atomic E-state index is 14.5. The molecule has 1 unspecified atom stereocenters. The molecule has 0 aliphatic rings. The van der Waals surface area contributed by atoms with Gasteiger partial charge in [0.25, 0.3) is 5.69 Å². The summed E-state index contributed by atoms with van der Waals surface area (Å²) in [4.78, 5) is 21.0. The van der Waals surface area contributed by atoms with Crippen LogP contribution in [0.4, 0.5) is 21.5 Å². The first-order valence-corrected chi connectivity index (χ1v) is 9.13. The van der Waals surface area contributed by atoms with Gasteiger partial charge in [-0.05, 0) is 32.0 Å². The Hall–Kier alpha value is -2.11. The highest BCUT2D eigenvalue weighted by Gasteiger charge is 2.28. The molecule has 0 amide bonds. The van der Waals surface area contributed by atoms with Gasteiger partial charge in [-0.2, -0.15) is 4.39 Å². The van der Waals surface area contributed by atoms with E-state index in [1.54, 1.807) is 13.0 Å². The van der Waals surface area contributed by atoms with Gasteiger partial charge >= 0.3 is 5.69 Å². The molecule has 0 aromatic heterocycles. The number of aliphatic hydroxyl groups excluding tert-OH is 1. The first kappa shape index (κ1) is 21.2. The Balaban J connectivity index is 2.35. The Morgan fingerprint density at radius 1 is 1.11 bits per heavy atom. The second kappa shape index (κ2) is 8.28. The fraction of sp³-hybridized carbons (Fsp3) is 0.250. The molecule has 2 aromatic carbocycles. The van der Waals surface area contributed by atoms with Crippen molar-refractivity contribution in [3.63, 3.8) is 0 Å². The average molecular weight is 507 g/mol. The standard InChI is InChI=1S/C16H14Br2FN3O5/c1-7-10(17)3-4-12(15(7)21(24)25)20-6-13(23)9-5-11(18)8(2)16(14(9)19)22(26)27/h3-5,13,20,23H,6H2,1-2H3. The molecule has 2 rings (SSSR count). The minimum absolute atomic E-state index is 0.0978. The van der Waals surface area contributed by atoms with E-state index >= 15 is 0 Å². The fourth-order valence-corrected chi connectivity index (χ4v) is 3.31. The van der Waals surface area contributed by atoms with E-state index in [9.17, 15) is 29.7 Å². The Morgan fingerprint density at radius 3 is 2.22 bits per heavy atom. The normalized spacial score (nSPS) is 11.9. The van der Waals surface area contributed by atoms with Gasteiger partial charge in [0.2, 0.25) is 5.82 Å². The van der Waals surface area contributed by atoms with E-state index in [1.807, 2.05) is 0 Å². The number of hydrogen-bond acceptors (Lipinski definition) is 6. The van der Waals surface area contributed by atoms with Gasteiger partial charge in [-0.1, -0.05) is 31.9 Å². The molecule has 0 spiro atoms. The lowest BCUT2D eigenvalue weighted by molar-refractivity contribution is -0.388. The first-order valence-electron chi connectivity index (χ1n) is 7.54. The highest BCUT2D eigenvalue weighted by Crippen LogP contribution is 2.36. The van der Waals surface area contributed by atoms with Gasteiger partial charge in [-0.3, -0.25) is 20.2 Å². The number of nitro benzene ring substituents is 2. The van der Waals surface area contributed by atoms with Crippen molar-refractivity contribution in [2.75, 3.05) is 11.9 Å². The molecule has 27 heavy (non-hydrogen) atoms. The van der Waals surface area contributed by atoms with E-state index in [-0.39, 0.29) is 33.5 Å². The molecule has 0 bridgehead atoms. The minimum Gasteiger partial charge on any atom is -0.386 e. The highest BCUT2D eigenvalue weighted by molar-refractivity contribution is 9.10. The predicted molar refractivity (Wildman–Crippen MR) is 104 cm³/mol. The van der Waals surface area contributed by atoms with Crippen LogP contribution in [-0.2, 0) is 0 Å². The van der Waals surface area contributed by atoms with Gasteiger partial charge < -0.3 is 10.4 Å². The summed E-state index contributed by atoms with van der Waals surface area (Å²) in [6.45, 7) is 2.66. The molecule has 0 saturated heterocycles. The van der Waals surface area contributed by atoms with Crippen LogP contribution < -0.4 is 5.32 Å². The predicted octanol–water partition coefficient (Wildman–Crippen LogP) is 4.93. The molecule has 11 heteroatoms.